The summed E-state index contributed by atoms with van der Waals surface area (Å²) in [6, 6.07) is 14.3. The molecule has 2 aromatic rings. The molecule has 1 aliphatic carbocycles. The van der Waals surface area contributed by atoms with Gasteiger partial charge in [-0.3, -0.25) is 4.79 Å². The minimum Gasteiger partial charge on any atom is -0.491 e. The van der Waals surface area contributed by atoms with Crippen LogP contribution in [0.2, 0.25) is 0 Å². The molecule has 0 unspecified atom stereocenters. The molecular weight excluding hydrogens is 428 g/mol. The molecular formula is C29H38O5. The summed E-state index contributed by atoms with van der Waals surface area (Å²) in [7, 11) is 0. The Morgan fingerprint density at radius 1 is 1.06 bits per heavy atom. The number of hydrogen-bond donors (Lipinski definition) is 2. The summed E-state index contributed by atoms with van der Waals surface area (Å²) in [5.41, 5.74) is 4.86. The van der Waals surface area contributed by atoms with E-state index in [1.54, 1.807) is 0 Å². The van der Waals surface area contributed by atoms with Crippen molar-refractivity contribution in [3.8, 4) is 5.75 Å². The number of aliphatic hydroxyl groups excluding tert-OH is 2. The first kappa shape index (κ1) is 24.9. The van der Waals surface area contributed by atoms with Gasteiger partial charge in [-0.1, -0.05) is 18.2 Å². The first-order valence-electron chi connectivity index (χ1n) is 12.8. The lowest BCUT2D eigenvalue weighted by Crippen LogP contribution is -2.18. The number of fused-ring (bicyclic) bond motifs is 1. The zero-order valence-electron chi connectivity index (χ0n) is 20.1. The quantitative estimate of drug-likeness (QED) is 0.449. The molecule has 4 rings (SSSR count). The monoisotopic (exact) mass is 466 g/mol. The number of carbonyl (C=O) groups excluding carboxylic acids is 1. The largest absolute Gasteiger partial charge is 0.491 e. The van der Waals surface area contributed by atoms with Crippen LogP contribution in [0.1, 0.15) is 65.6 Å². The van der Waals surface area contributed by atoms with Gasteiger partial charge < -0.3 is 19.7 Å². The fraction of sp³-hybridized carbons (Fsp3) is 0.552. The van der Waals surface area contributed by atoms with E-state index in [4.69, 9.17) is 9.47 Å². The number of ether oxygens (including phenoxy) is 2. The highest BCUT2D eigenvalue weighted by Gasteiger charge is 2.22. The van der Waals surface area contributed by atoms with Crippen molar-refractivity contribution in [2.24, 2.45) is 11.8 Å². The standard InChI is InChI=1S/C29H38O5/c30-18-23(19-31)4-1-3-21-6-8-26-16-22(7-9-25(26)15-21)17-29(32)24-10-12-27(13-11-24)34-20-28-5-2-14-33-28/h6,8,10-13,15,22-23,28,30-31H,1-5,7,9,14,16-20H2/t22-,28-/m0/s1. The highest BCUT2D eigenvalue weighted by molar-refractivity contribution is 5.96. The summed E-state index contributed by atoms with van der Waals surface area (Å²) in [6.45, 7) is 1.50. The average molecular weight is 467 g/mol. The van der Waals surface area contributed by atoms with Crippen LogP contribution in [0.3, 0.4) is 0 Å². The van der Waals surface area contributed by atoms with E-state index < -0.39 is 0 Å². The average Bonchev–Trinajstić information content (AvgIpc) is 3.39. The van der Waals surface area contributed by atoms with Crippen LogP contribution >= 0.6 is 0 Å². The summed E-state index contributed by atoms with van der Waals surface area (Å²) < 4.78 is 11.4. The minimum absolute atomic E-state index is 0.00817. The maximum Gasteiger partial charge on any atom is 0.163 e. The zero-order chi connectivity index (χ0) is 23.8. The van der Waals surface area contributed by atoms with Gasteiger partial charge in [0.25, 0.3) is 0 Å². The Hall–Kier alpha value is -2.21. The van der Waals surface area contributed by atoms with Gasteiger partial charge in [-0.25, -0.2) is 0 Å². The number of rotatable bonds is 12. The van der Waals surface area contributed by atoms with Crippen molar-refractivity contribution in [2.75, 3.05) is 26.4 Å². The van der Waals surface area contributed by atoms with Crippen molar-refractivity contribution in [2.45, 2.75) is 63.9 Å². The van der Waals surface area contributed by atoms with E-state index in [9.17, 15) is 15.0 Å². The van der Waals surface area contributed by atoms with Crippen LogP contribution in [0.4, 0.5) is 0 Å². The summed E-state index contributed by atoms with van der Waals surface area (Å²) >= 11 is 0. The Kier molecular flexibility index (Phi) is 9.14. The lowest BCUT2D eigenvalue weighted by atomic mass is 9.80. The molecule has 34 heavy (non-hydrogen) atoms. The van der Waals surface area contributed by atoms with Gasteiger partial charge in [-0.05, 0) is 98.2 Å². The smallest absolute Gasteiger partial charge is 0.163 e. The van der Waals surface area contributed by atoms with E-state index in [-0.39, 0.29) is 31.0 Å². The molecule has 1 fully saturated rings. The molecule has 2 aliphatic rings. The number of carbonyl (C=O) groups is 1. The van der Waals surface area contributed by atoms with Crippen LogP contribution in [0.5, 0.6) is 5.75 Å². The predicted octanol–water partition coefficient (Wildman–Crippen LogP) is 4.55. The maximum absolute atomic E-state index is 12.9. The van der Waals surface area contributed by atoms with Crippen LogP contribution < -0.4 is 4.74 Å². The molecule has 0 radical (unpaired) electrons. The van der Waals surface area contributed by atoms with Crippen molar-refractivity contribution < 1.29 is 24.5 Å². The zero-order valence-corrected chi connectivity index (χ0v) is 20.1. The predicted molar refractivity (Wildman–Crippen MR) is 132 cm³/mol. The van der Waals surface area contributed by atoms with Crippen LogP contribution in [0, 0.1) is 11.8 Å². The van der Waals surface area contributed by atoms with Crippen molar-refractivity contribution >= 4 is 5.78 Å². The lowest BCUT2D eigenvalue weighted by Gasteiger charge is -2.25. The van der Waals surface area contributed by atoms with E-state index in [0.717, 1.165) is 69.3 Å². The van der Waals surface area contributed by atoms with Crippen LogP contribution in [-0.4, -0.2) is 48.5 Å². The molecule has 0 saturated carbocycles. The van der Waals surface area contributed by atoms with E-state index in [2.05, 4.69) is 18.2 Å². The topological polar surface area (TPSA) is 76.0 Å². The van der Waals surface area contributed by atoms with Gasteiger partial charge in [0.2, 0.25) is 0 Å². The molecule has 2 atom stereocenters. The molecule has 0 bridgehead atoms. The number of benzene rings is 2. The third-order valence-electron chi connectivity index (χ3n) is 7.31. The summed E-state index contributed by atoms with van der Waals surface area (Å²) in [5, 5.41) is 18.4. The second kappa shape index (κ2) is 12.5. The highest BCUT2D eigenvalue weighted by Crippen LogP contribution is 2.30. The number of aryl methyl sites for hydroxylation is 2. The normalized spacial score (nSPS) is 19.9. The maximum atomic E-state index is 12.9. The molecule has 184 valence electrons. The Morgan fingerprint density at radius 2 is 1.88 bits per heavy atom. The van der Waals surface area contributed by atoms with Crippen LogP contribution in [0.25, 0.3) is 0 Å². The SMILES string of the molecule is O=C(C[C@H]1CCc2cc(CCCC(CO)CO)ccc2C1)c1ccc(OC[C@@H]2CCCO2)cc1. The van der Waals surface area contributed by atoms with Crippen molar-refractivity contribution in [1.29, 1.82) is 0 Å². The van der Waals surface area contributed by atoms with Gasteiger partial charge >= 0.3 is 0 Å². The van der Waals surface area contributed by atoms with Gasteiger partial charge in [0.1, 0.15) is 12.4 Å². The molecule has 0 aromatic heterocycles. The van der Waals surface area contributed by atoms with Crippen molar-refractivity contribution in [1.82, 2.24) is 0 Å². The molecule has 1 aliphatic heterocycles. The van der Waals surface area contributed by atoms with Gasteiger partial charge in [0, 0.05) is 37.7 Å². The van der Waals surface area contributed by atoms with Gasteiger partial charge in [-0.15, -0.1) is 0 Å². The third kappa shape index (κ3) is 6.91. The second-order valence-electron chi connectivity index (χ2n) is 9.93. The molecule has 2 aromatic carbocycles. The molecule has 0 amide bonds. The number of aliphatic hydroxyl groups is 2. The Morgan fingerprint density at radius 3 is 2.62 bits per heavy atom. The van der Waals surface area contributed by atoms with E-state index in [1.807, 2.05) is 24.3 Å². The molecule has 5 heteroatoms. The Labute approximate surface area is 203 Å². The number of ketones is 1. The second-order valence-corrected chi connectivity index (χ2v) is 9.93. The molecule has 1 saturated heterocycles. The van der Waals surface area contributed by atoms with Crippen molar-refractivity contribution in [3.05, 3.63) is 64.7 Å². The Balaban J connectivity index is 1.24. The van der Waals surface area contributed by atoms with Crippen LogP contribution in [-0.2, 0) is 24.0 Å². The van der Waals surface area contributed by atoms with Gasteiger partial charge in [-0.2, -0.15) is 0 Å². The third-order valence-corrected chi connectivity index (χ3v) is 7.31. The summed E-state index contributed by atoms with van der Waals surface area (Å²) in [5.74, 6) is 1.37. The summed E-state index contributed by atoms with van der Waals surface area (Å²) in [6.07, 6.45) is 8.74. The van der Waals surface area contributed by atoms with E-state index in [0.29, 0.717) is 18.9 Å². The lowest BCUT2D eigenvalue weighted by molar-refractivity contribution is 0.0679. The first-order chi connectivity index (χ1) is 16.6. The molecule has 0 spiro atoms. The molecule has 2 N–H and O–H groups in total. The Bertz CT molecular complexity index is 913. The summed E-state index contributed by atoms with van der Waals surface area (Å²) in [4.78, 5) is 12.9. The van der Waals surface area contributed by atoms with Crippen molar-refractivity contribution in [3.63, 3.8) is 0 Å². The highest BCUT2D eigenvalue weighted by atomic mass is 16.5. The van der Waals surface area contributed by atoms with Gasteiger partial charge in [0.05, 0.1) is 6.10 Å². The fourth-order valence-electron chi connectivity index (χ4n) is 5.13. The van der Waals surface area contributed by atoms with E-state index in [1.165, 1.54) is 16.7 Å². The molecule has 1 heterocycles. The van der Waals surface area contributed by atoms with Gasteiger partial charge in [0.15, 0.2) is 5.78 Å². The first-order valence-corrected chi connectivity index (χ1v) is 12.8. The van der Waals surface area contributed by atoms with Crippen LogP contribution in [0.15, 0.2) is 42.5 Å². The van der Waals surface area contributed by atoms with E-state index >= 15 is 0 Å². The molecule has 5 nitrogen and oxygen atoms in total. The fourth-order valence-corrected chi connectivity index (χ4v) is 5.13. The minimum atomic E-state index is -0.00817. The number of Topliss-reactive ketones (excluding diaryl/α,β-unsaturated/α-hetero) is 1. The number of hydrogen-bond acceptors (Lipinski definition) is 5.